The number of carbonyl (C=O) groups is 3. The van der Waals surface area contributed by atoms with Gasteiger partial charge in [0.05, 0.1) is 6.42 Å². The maximum atomic E-state index is 12.8. The van der Waals surface area contributed by atoms with E-state index in [9.17, 15) is 14.4 Å². The monoisotopic (exact) mass is 1090 g/mol. The number of rotatable bonds is 59. The summed E-state index contributed by atoms with van der Waals surface area (Å²) < 4.78 is 16.8. The third-order valence-corrected chi connectivity index (χ3v) is 14.0. The first kappa shape index (κ1) is 74.8. The zero-order valence-corrected chi connectivity index (χ0v) is 51.6. The minimum absolute atomic E-state index is 0.0851. The highest BCUT2D eigenvalue weighted by Crippen LogP contribution is 2.17. The van der Waals surface area contributed by atoms with Crippen molar-refractivity contribution in [3.63, 3.8) is 0 Å². The van der Waals surface area contributed by atoms with E-state index in [1.54, 1.807) is 6.08 Å². The zero-order chi connectivity index (χ0) is 57.1. The quantitative estimate of drug-likeness (QED) is 0.0261. The van der Waals surface area contributed by atoms with Crippen LogP contribution in [0.5, 0.6) is 0 Å². The summed E-state index contributed by atoms with van der Waals surface area (Å²) >= 11 is 0. The van der Waals surface area contributed by atoms with Gasteiger partial charge in [0, 0.05) is 12.8 Å². The van der Waals surface area contributed by atoms with E-state index >= 15 is 0 Å². The normalized spacial score (nSPS) is 12.9. The van der Waals surface area contributed by atoms with E-state index < -0.39 is 12.1 Å². The highest BCUT2D eigenvalue weighted by Gasteiger charge is 2.19. The molecule has 0 heterocycles. The van der Waals surface area contributed by atoms with Crippen molar-refractivity contribution in [2.24, 2.45) is 0 Å². The molecule has 0 aromatic heterocycles. The standard InChI is InChI=1S/C73H122O6/c1-4-7-10-13-16-19-22-25-28-29-30-31-32-33-34-35-36-37-38-39-40-41-42-43-46-48-51-54-57-60-63-66-72(75)78-69-70(79-73(76)67-64-61-58-55-52-49-45-27-24-21-18-15-12-9-6-3)68-77-71(74)65-62-59-56-53-50-47-44-26-23-20-17-14-11-8-5-2/h8-9,11-12,17-18,20-21,26-27,29-30,44-45,50,52-53,55,61,64,70H,4-7,10,13-16,19,22-25,28,31-43,46-49,51,54,56-60,62-63,65-69H2,1-3H3/b11-8-,12-9-,20-17-,21-18-,30-29-,44-26-,45-27-,53-50-,55-52-,64-61-. The second-order valence-corrected chi connectivity index (χ2v) is 21.6. The first-order valence-electron chi connectivity index (χ1n) is 33.0. The van der Waals surface area contributed by atoms with E-state index in [1.165, 1.54) is 167 Å². The van der Waals surface area contributed by atoms with E-state index in [2.05, 4.69) is 130 Å². The number of hydrogen-bond donors (Lipinski definition) is 0. The van der Waals surface area contributed by atoms with Crippen LogP contribution in [0.3, 0.4) is 0 Å². The van der Waals surface area contributed by atoms with Crippen molar-refractivity contribution in [2.45, 2.75) is 309 Å². The average molecular weight is 1100 g/mol. The molecular weight excluding hydrogens is 973 g/mol. The summed E-state index contributed by atoms with van der Waals surface area (Å²) in [7, 11) is 0. The molecule has 0 aliphatic carbocycles. The van der Waals surface area contributed by atoms with Gasteiger partial charge in [-0.1, -0.05) is 296 Å². The molecular formula is C73H122O6. The van der Waals surface area contributed by atoms with E-state index in [1.807, 2.05) is 6.08 Å². The Hall–Kier alpha value is -4.19. The number of esters is 3. The van der Waals surface area contributed by atoms with Crippen LogP contribution in [-0.2, 0) is 28.6 Å². The molecule has 0 aromatic rings. The molecule has 0 saturated heterocycles. The molecule has 0 N–H and O–H groups in total. The van der Waals surface area contributed by atoms with Gasteiger partial charge in [-0.2, -0.15) is 0 Å². The lowest BCUT2D eigenvalue weighted by Crippen LogP contribution is -2.30. The van der Waals surface area contributed by atoms with Crippen molar-refractivity contribution >= 4 is 17.9 Å². The largest absolute Gasteiger partial charge is 0.462 e. The molecule has 0 radical (unpaired) electrons. The maximum absolute atomic E-state index is 12.8. The number of unbranched alkanes of at least 4 members (excludes halogenated alkanes) is 29. The van der Waals surface area contributed by atoms with Crippen molar-refractivity contribution in [3.05, 3.63) is 122 Å². The Kier molecular flexibility index (Phi) is 62.8. The van der Waals surface area contributed by atoms with Crippen molar-refractivity contribution in [1.29, 1.82) is 0 Å². The molecule has 6 nitrogen and oxygen atoms in total. The Bertz CT molecular complexity index is 1640. The molecule has 0 saturated carbocycles. The van der Waals surface area contributed by atoms with Gasteiger partial charge >= 0.3 is 17.9 Å². The van der Waals surface area contributed by atoms with Gasteiger partial charge in [-0.3, -0.25) is 14.4 Å². The van der Waals surface area contributed by atoms with E-state index in [0.29, 0.717) is 19.3 Å². The highest BCUT2D eigenvalue weighted by molar-refractivity contribution is 5.72. The molecule has 1 unspecified atom stereocenters. The smallest absolute Gasteiger partial charge is 0.310 e. The summed E-state index contributed by atoms with van der Waals surface area (Å²) in [4.78, 5) is 38.2. The maximum Gasteiger partial charge on any atom is 0.310 e. The number of hydrogen-bond acceptors (Lipinski definition) is 6. The molecule has 450 valence electrons. The first-order chi connectivity index (χ1) is 39.0. The predicted octanol–water partition coefficient (Wildman–Crippen LogP) is 22.8. The van der Waals surface area contributed by atoms with Gasteiger partial charge < -0.3 is 14.2 Å². The molecule has 6 heteroatoms. The lowest BCUT2D eigenvalue weighted by Gasteiger charge is -2.18. The molecule has 0 rings (SSSR count). The van der Waals surface area contributed by atoms with Crippen LogP contribution in [0.25, 0.3) is 0 Å². The fourth-order valence-electron chi connectivity index (χ4n) is 9.09. The molecule has 0 amide bonds. The Labute approximate surface area is 488 Å². The Morgan fingerprint density at radius 3 is 0.873 bits per heavy atom. The van der Waals surface area contributed by atoms with E-state index in [0.717, 1.165) is 83.5 Å². The third kappa shape index (κ3) is 64.5. The van der Waals surface area contributed by atoms with Crippen molar-refractivity contribution in [2.75, 3.05) is 13.2 Å². The van der Waals surface area contributed by atoms with Crippen LogP contribution in [0.2, 0.25) is 0 Å². The van der Waals surface area contributed by atoms with Crippen LogP contribution in [-0.4, -0.2) is 37.2 Å². The van der Waals surface area contributed by atoms with Crippen LogP contribution in [0.15, 0.2) is 122 Å². The second kappa shape index (κ2) is 66.3. The van der Waals surface area contributed by atoms with Gasteiger partial charge in [0.1, 0.15) is 13.2 Å². The summed E-state index contributed by atoms with van der Waals surface area (Å²) in [5.41, 5.74) is 0. The molecule has 0 bridgehead atoms. The molecule has 0 aliphatic heterocycles. The van der Waals surface area contributed by atoms with Crippen molar-refractivity contribution < 1.29 is 28.6 Å². The fraction of sp³-hybridized carbons (Fsp3) is 0.685. The SMILES string of the molecule is CC/C=C\C/C=C\C/C=C\C/C=C\C/C=C\CC(=O)OC(COC(=O)CCCC/C=C\C/C=C\C/C=C\C/C=C\CC)COC(=O)CCCCCCCCCCCCCCCCCCCCC/C=C\CCCCCCCCCC. The first-order valence-corrected chi connectivity index (χ1v) is 33.0. The molecule has 0 aromatic carbocycles. The van der Waals surface area contributed by atoms with Gasteiger partial charge in [-0.15, -0.1) is 0 Å². The van der Waals surface area contributed by atoms with Gasteiger partial charge in [0.15, 0.2) is 6.10 Å². The average Bonchev–Trinajstić information content (AvgIpc) is 3.45. The molecule has 0 aliphatic rings. The number of carbonyl (C=O) groups excluding carboxylic acids is 3. The summed E-state index contributed by atoms with van der Waals surface area (Å²) in [6.45, 7) is 6.31. The summed E-state index contributed by atoms with van der Waals surface area (Å²) in [6, 6.07) is 0. The van der Waals surface area contributed by atoms with Crippen LogP contribution in [0.1, 0.15) is 303 Å². The minimum atomic E-state index is -0.853. The predicted molar refractivity (Wildman–Crippen MR) is 343 cm³/mol. The Morgan fingerprint density at radius 2 is 0.532 bits per heavy atom. The highest BCUT2D eigenvalue weighted by atomic mass is 16.6. The number of ether oxygens (including phenoxy) is 3. The van der Waals surface area contributed by atoms with Crippen molar-refractivity contribution in [3.8, 4) is 0 Å². The number of allylic oxidation sites excluding steroid dienone is 19. The fourth-order valence-corrected chi connectivity index (χ4v) is 9.09. The minimum Gasteiger partial charge on any atom is -0.462 e. The van der Waals surface area contributed by atoms with E-state index in [4.69, 9.17) is 14.2 Å². The summed E-state index contributed by atoms with van der Waals surface area (Å²) in [5, 5.41) is 0. The molecule has 0 spiro atoms. The van der Waals surface area contributed by atoms with Crippen molar-refractivity contribution in [1.82, 2.24) is 0 Å². The van der Waals surface area contributed by atoms with Crippen LogP contribution < -0.4 is 0 Å². The van der Waals surface area contributed by atoms with Crippen LogP contribution in [0, 0.1) is 0 Å². The van der Waals surface area contributed by atoms with Gasteiger partial charge in [0.25, 0.3) is 0 Å². The lowest BCUT2D eigenvalue weighted by molar-refractivity contribution is -0.166. The van der Waals surface area contributed by atoms with Gasteiger partial charge in [-0.05, 0) is 109 Å². The van der Waals surface area contributed by atoms with Crippen LogP contribution in [0.4, 0.5) is 0 Å². The molecule has 0 fully saturated rings. The Morgan fingerprint density at radius 1 is 0.278 bits per heavy atom. The third-order valence-electron chi connectivity index (χ3n) is 14.0. The van der Waals surface area contributed by atoms with E-state index in [-0.39, 0.29) is 38.0 Å². The van der Waals surface area contributed by atoms with Gasteiger partial charge in [-0.25, -0.2) is 0 Å². The summed E-state index contributed by atoms with van der Waals surface area (Å²) in [6.07, 6.45) is 92.7. The lowest BCUT2D eigenvalue weighted by atomic mass is 10.0. The molecule has 1 atom stereocenters. The topological polar surface area (TPSA) is 78.9 Å². The zero-order valence-electron chi connectivity index (χ0n) is 51.6. The molecule has 79 heavy (non-hydrogen) atoms. The second-order valence-electron chi connectivity index (χ2n) is 21.6. The van der Waals surface area contributed by atoms with Gasteiger partial charge in [0.2, 0.25) is 0 Å². The summed E-state index contributed by atoms with van der Waals surface area (Å²) in [5.74, 6) is -1.10. The van der Waals surface area contributed by atoms with Crippen LogP contribution >= 0.6 is 0 Å². The Balaban J connectivity index is 4.28.